The van der Waals surface area contributed by atoms with Crippen LogP contribution >= 0.6 is 22.9 Å². The number of aliphatic hydroxyl groups excluding tert-OH is 1. The summed E-state index contributed by atoms with van der Waals surface area (Å²) < 4.78 is 0. The highest BCUT2D eigenvalue weighted by Crippen LogP contribution is 2.30. The van der Waals surface area contributed by atoms with Crippen molar-refractivity contribution in [3.05, 3.63) is 16.2 Å². The van der Waals surface area contributed by atoms with Crippen LogP contribution in [0.2, 0.25) is 5.28 Å². The Hall–Kier alpha value is -0.910. The lowest BCUT2D eigenvalue weighted by molar-refractivity contribution is 0.161. The van der Waals surface area contributed by atoms with Crippen molar-refractivity contribution in [2.75, 3.05) is 11.9 Å². The smallest absolute Gasteiger partial charge is 0.225 e. The molecule has 0 saturated carbocycles. The Labute approximate surface area is 128 Å². The number of hydrogen-bond donors (Lipinski definition) is 2. The minimum Gasteiger partial charge on any atom is -0.391 e. The Balaban J connectivity index is 2.18. The van der Waals surface area contributed by atoms with Gasteiger partial charge in [0.25, 0.3) is 0 Å². The fourth-order valence-electron chi connectivity index (χ4n) is 2.10. The van der Waals surface area contributed by atoms with Gasteiger partial charge in [-0.2, -0.15) is 0 Å². The second-order valence-corrected chi connectivity index (χ2v) is 6.74. The van der Waals surface area contributed by atoms with E-state index < -0.39 is 0 Å². The van der Waals surface area contributed by atoms with E-state index in [1.807, 2.05) is 0 Å². The SMILES string of the molecule is CCc1cc2c(NCC(O)CC(C)C)nc(Cl)nc2s1. The molecular weight excluding hydrogens is 294 g/mol. The molecule has 20 heavy (non-hydrogen) atoms. The van der Waals surface area contributed by atoms with Crippen LogP contribution in [-0.4, -0.2) is 27.7 Å². The number of thiophene rings is 1. The normalized spacial score (nSPS) is 13.1. The third-order valence-electron chi connectivity index (χ3n) is 3.01. The molecule has 110 valence electrons. The molecule has 0 aliphatic rings. The molecule has 0 amide bonds. The highest BCUT2D eigenvalue weighted by atomic mass is 35.5. The number of hydrogen-bond acceptors (Lipinski definition) is 5. The van der Waals surface area contributed by atoms with E-state index >= 15 is 0 Å². The van der Waals surface area contributed by atoms with E-state index in [-0.39, 0.29) is 11.4 Å². The van der Waals surface area contributed by atoms with Gasteiger partial charge >= 0.3 is 0 Å². The van der Waals surface area contributed by atoms with Gasteiger partial charge in [0.1, 0.15) is 10.6 Å². The maximum absolute atomic E-state index is 9.94. The Morgan fingerprint density at radius 2 is 2.15 bits per heavy atom. The van der Waals surface area contributed by atoms with Crippen LogP contribution in [0, 0.1) is 5.92 Å². The Morgan fingerprint density at radius 3 is 2.80 bits per heavy atom. The monoisotopic (exact) mass is 313 g/mol. The van der Waals surface area contributed by atoms with Crippen molar-refractivity contribution < 1.29 is 5.11 Å². The summed E-state index contributed by atoms with van der Waals surface area (Å²) in [5.41, 5.74) is 0. The summed E-state index contributed by atoms with van der Waals surface area (Å²) in [6, 6.07) is 2.09. The summed E-state index contributed by atoms with van der Waals surface area (Å²) in [5, 5.41) is 14.3. The molecule has 2 N–H and O–H groups in total. The largest absolute Gasteiger partial charge is 0.391 e. The van der Waals surface area contributed by atoms with Crippen molar-refractivity contribution in [1.29, 1.82) is 0 Å². The van der Waals surface area contributed by atoms with Crippen molar-refractivity contribution in [2.45, 2.75) is 39.7 Å². The summed E-state index contributed by atoms with van der Waals surface area (Å²) in [5.74, 6) is 1.17. The predicted octanol–water partition coefficient (Wildman–Crippen LogP) is 3.73. The molecular formula is C14H20ClN3OS. The fourth-order valence-corrected chi connectivity index (χ4v) is 3.28. The zero-order chi connectivity index (χ0) is 14.7. The molecule has 1 atom stereocenters. The van der Waals surface area contributed by atoms with Gasteiger partial charge in [-0.05, 0) is 36.4 Å². The lowest BCUT2D eigenvalue weighted by Crippen LogP contribution is -2.21. The second kappa shape index (κ2) is 6.70. The van der Waals surface area contributed by atoms with E-state index in [9.17, 15) is 5.11 Å². The molecule has 0 aliphatic carbocycles. The molecule has 0 spiro atoms. The first kappa shape index (κ1) is 15.5. The van der Waals surface area contributed by atoms with Crippen LogP contribution in [0.5, 0.6) is 0 Å². The minimum absolute atomic E-state index is 0.239. The van der Waals surface area contributed by atoms with Gasteiger partial charge in [-0.1, -0.05) is 20.8 Å². The van der Waals surface area contributed by atoms with Gasteiger partial charge in [-0.15, -0.1) is 11.3 Å². The number of aryl methyl sites for hydroxylation is 1. The first-order chi connectivity index (χ1) is 9.49. The first-order valence-corrected chi connectivity index (χ1v) is 8.07. The molecule has 0 aliphatic heterocycles. The van der Waals surface area contributed by atoms with Crippen LogP contribution in [0.3, 0.4) is 0 Å². The van der Waals surface area contributed by atoms with Gasteiger partial charge in [0.2, 0.25) is 5.28 Å². The predicted molar refractivity (Wildman–Crippen MR) is 85.8 cm³/mol. The molecule has 0 radical (unpaired) electrons. The maximum Gasteiger partial charge on any atom is 0.225 e. The standard InChI is InChI=1S/C14H20ClN3OS/c1-4-10-6-11-12(16-7-9(19)5-8(2)3)17-14(15)18-13(11)20-10/h6,8-9,19H,4-5,7H2,1-3H3,(H,16,17,18). The zero-order valence-corrected chi connectivity index (χ0v) is 13.6. The van der Waals surface area contributed by atoms with Crippen LogP contribution in [-0.2, 0) is 6.42 Å². The molecule has 2 rings (SSSR count). The number of rotatable bonds is 6. The van der Waals surface area contributed by atoms with Crippen molar-refractivity contribution in [3.8, 4) is 0 Å². The fraction of sp³-hybridized carbons (Fsp3) is 0.571. The topological polar surface area (TPSA) is 58.0 Å². The number of halogens is 1. The molecule has 2 heterocycles. The van der Waals surface area contributed by atoms with E-state index in [1.54, 1.807) is 11.3 Å². The zero-order valence-electron chi connectivity index (χ0n) is 12.0. The van der Waals surface area contributed by atoms with Gasteiger partial charge in [-0.25, -0.2) is 9.97 Å². The quantitative estimate of drug-likeness (QED) is 0.798. The Morgan fingerprint density at radius 1 is 1.40 bits per heavy atom. The Kier molecular flexibility index (Phi) is 5.18. The molecule has 0 saturated heterocycles. The van der Waals surface area contributed by atoms with E-state index in [1.165, 1.54) is 4.88 Å². The van der Waals surface area contributed by atoms with E-state index in [0.29, 0.717) is 18.3 Å². The number of anilines is 1. The number of fused-ring (bicyclic) bond motifs is 1. The van der Waals surface area contributed by atoms with Crippen molar-refractivity contribution in [2.24, 2.45) is 5.92 Å². The van der Waals surface area contributed by atoms with Gasteiger partial charge in [0.05, 0.1) is 11.5 Å². The molecule has 0 bridgehead atoms. The van der Waals surface area contributed by atoms with Crippen LogP contribution < -0.4 is 5.32 Å². The van der Waals surface area contributed by atoms with Gasteiger partial charge < -0.3 is 10.4 Å². The molecule has 1 unspecified atom stereocenters. The van der Waals surface area contributed by atoms with Crippen molar-refractivity contribution in [1.82, 2.24) is 9.97 Å². The summed E-state index contributed by atoms with van der Waals surface area (Å²) in [7, 11) is 0. The van der Waals surface area contributed by atoms with Crippen LogP contribution in [0.4, 0.5) is 5.82 Å². The first-order valence-electron chi connectivity index (χ1n) is 6.87. The third-order valence-corrected chi connectivity index (χ3v) is 4.36. The summed E-state index contributed by atoms with van der Waals surface area (Å²) in [6.45, 7) is 6.77. The Bertz CT molecular complexity index is 585. The lowest BCUT2D eigenvalue weighted by atomic mass is 10.1. The van der Waals surface area contributed by atoms with E-state index in [0.717, 1.165) is 23.1 Å². The number of nitrogens with one attached hydrogen (secondary N) is 1. The summed E-state index contributed by atoms with van der Waals surface area (Å²) in [6.07, 6.45) is 1.34. The summed E-state index contributed by atoms with van der Waals surface area (Å²) >= 11 is 7.59. The molecule has 6 heteroatoms. The molecule has 0 aromatic carbocycles. The van der Waals surface area contributed by atoms with E-state index in [2.05, 4.69) is 42.1 Å². The molecule has 2 aromatic rings. The maximum atomic E-state index is 9.94. The summed E-state index contributed by atoms with van der Waals surface area (Å²) in [4.78, 5) is 10.6. The lowest BCUT2D eigenvalue weighted by Gasteiger charge is -2.14. The minimum atomic E-state index is -0.386. The number of nitrogens with zero attached hydrogens (tertiary/aromatic N) is 2. The molecule has 4 nitrogen and oxygen atoms in total. The van der Waals surface area contributed by atoms with Crippen LogP contribution in [0.15, 0.2) is 6.07 Å². The second-order valence-electron chi connectivity index (χ2n) is 5.29. The molecule has 2 aromatic heterocycles. The number of aliphatic hydroxyl groups is 1. The van der Waals surface area contributed by atoms with Gasteiger partial charge in [0, 0.05) is 11.4 Å². The van der Waals surface area contributed by atoms with Crippen molar-refractivity contribution >= 4 is 39.0 Å². The highest BCUT2D eigenvalue weighted by Gasteiger charge is 2.12. The van der Waals surface area contributed by atoms with Gasteiger partial charge in [-0.3, -0.25) is 0 Å². The molecule has 0 fully saturated rings. The third kappa shape index (κ3) is 3.81. The van der Waals surface area contributed by atoms with E-state index in [4.69, 9.17) is 11.6 Å². The average Bonchev–Trinajstić information content (AvgIpc) is 2.77. The van der Waals surface area contributed by atoms with Crippen molar-refractivity contribution in [3.63, 3.8) is 0 Å². The van der Waals surface area contributed by atoms with Gasteiger partial charge in [0.15, 0.2) is 0 Å². The van der Waals surface area contributed by atoms with Crippen LogP contribution in [0.1, 0.15) is 32.1 Å². The average molecular weight is 314 g/mol. The van der Waals surface area contributed by atoms with Crippen LogP contribution in [0.25, 0.3) is 10.2 Å². The highest BCUT2D eigenvalue weighted by molar-refractivity contribution is 7.18. The number of aromatic nitrogens is 2.